The number of aliphatic hydroxyl groups is 1. The van der Waals surface area contributed by atoms with E-state index in [1.807, 2.05) is 18.7 Å². The van der Waals surface area contributed by atoms with E-state index in [1.54, 1.807) is 24.3 Å². The highest BCUT2D eigenvalue weighted by atomic mass is 16.5. The average molecular weight is 322 g/mol. The summed E-state index contributed by atoms with van der Waals surface area (Å²) < 4.78 is 5.25. The molecule has 6 nitrogen and oxygen atoms in total. The second-order valence-electron chi connectivity index (χ2n) is 6.09. The summed E-state index contributed by atoms with van der Waals surface area (Å²) in [5, 5.41) is 22.9. The number of ether oxygens (including phenoxy) is 1. The quantitative estimate of drug-likeness (QED) is 0.729. The van der Waals surface area contributed by atoms with Gasteiger partial charge in [-0.05, 0) is 31.5 Å². The van der Waals surface area contributed by atoms with E-state index in [9.17, 15) is 15.0 Å². The number of phenols is 1. The van der Waals surface area contributed by atoms with E-state index in [0.717, 1.165) is 5.56 Å². The summed E-state index contributed by atoms with van der Waals surface area (Å²) in [6.07, 6.45) is -0.302. The van der Waals surface area contributed by atoms with Crippen molar-refractivity contribution in [2.24, 2.45) is 0 Å². The minimum atomic E-state index is -0.698. The van der Waals surface area contributed by atoms with Gasteiger partial charge in [-0.1, -0.05) is 12.1 Å². The molecule has 1 heterocycles. The first-order valence-corrected chi connectivity index (χ1v) is 8.06. The van der Waals surface area contributed by atoms with Crippen LogP contribution < -0.4 is 5.32 Å². The summed E-state index contributed by atoms with van der Waals surface area (Å²) >= 11 is 0. The molecule has 23 heavy (non-hydrogen) atoms. The van der Waals surface area contributed by atoms with Gasteiger partial charge >= 0.3 is 0 Å². The number of aliphatic hydroxyl groups excluding tert-OH is 1. The van der Waals surface area contributed by atoms with Crippen molar-refractivity contribution in [2.45, 2.75) is 38.5 Å². The number of rotatable bonds is 6. The molecule has 0 saturated carbocycles. The third-order valence-electron chi connectivity index (χ3n) is 4.10. The second-order valence-corrected chi connectivity index (χ2v) is 6.09. The van der Waals surface area contributed by atoms with E-state index in [1.165, 1.54) is 0 Å². The lowest BCUT2D eigenvalue weighted by atomic mass is 10.0. The Morgan fingerprint density at radius 3 is 2.48 bits per heavy atom. The summed E-state index contributed by atoms with van der Waals surface area (Å²) in [6.45, 7) is 6.33. The number of nitrogens with one attached hydrogen (secondary N) is 1. The van der Waals surface area contributed by atoms with Crippen LogP contribution in [0.4, 0.5) is 0 Å². The fraction of sp³-hybridized carbons (Fsp3) is 0.588. The van der Waals surface area contributed by atoms with Crippen LogP contribution >= 0.6 is 0 Å². The number of hydrogen-bond donors (Lipinski definition) is 3. The SMILES string of the molecule is C[C@H](CC(=O)N1CCOCC1)N[C@@H](C)[C@H](O)c1ccc(O)cc1. The van der Waals surface area contributed by atoms with Crippen LogP contribution in [0.2, 0.25) is 0 Å². The van der Waals surface area contributed by atoms with E-state index < -0.39 is 6.10 Å². The van der Waals surface area contributed by atoms with Gasteiger partial charge in [-0.15, -0.1) is 0 Å². The Balaban J connectivity index is 1.82. The van der Waals surface area contributed by atoms with Crippen LogP contribution in [-0.4, -0.2) is 59.4 Å². The van der Waals surface area contributed by atoms with Gasteiger partial charge in [-0.25, -0.2) is 0 Å². The lowest BCUT2D eigenvalue weighted by Gasteiger charge is -2.29. The molecule has 0 unspecified atom stereocenters. The molecule has 0 radical (unpaired) electrons. The van der Waals surface area contributed by atoms with Crippen molar-refractivity contribution in [2.75, 3.05) is 26.3 Å². The third kappa shape index (κ3) is 5.20. The first-order chi connectivity index (χ1) is 11.0. The molecule has 1 aliphatic rings. The van der Waals surface area contributed by atoms with Gasteiger partial charge in [0.2, 0.25) is 5.91 Å². The van der Waals surface area contributed by atoms with Crippen molar-refractivity contribution >= 4 is 5.91 Å². The van der Waals surface area contributed by atoms with Crippen molar-refractivity contribution in [3.05, 3.63) is 29.8 Å². The number of phenolic OH excluding ortho intramolecular Hbond substituents is 1. The molecule has 3 atom stereocenters. The molecule has 1 fully saturated rings. The van der Waals surface area contributed by atoms with E-state index in [-0.39, 0.29) is 23.7 Å². The van der Waals surface area contributed by atoms with E-state index in [2.05, 4.69) is 5.32 Å². The van der Waals surface area contributed by atoms with E-state index in [0.29, 0.717) is 32.7 Å². The molecule has 1 aromatic rings. The van der Waals surface area contributed by atoms with Gasteiger partial charge < -0.3 is 25.2 Å². The van der Waals surface area contributed by atoms with Gasteiger partial charge in [0.1, 0.15) is 5.75 Å². The summed E-state index contributed by atoms with van der Waals surface area (Å²) in [6, 6.07) is 6.26. The van der Waals surface area contributed by atoms with Crippen molar-refractivity contribution in [1.29, 1.82) is 0 Å². The maximum Gasteiger partial charge on any atom is 0.224 e. The molecule has 3 N–H and O–H groups in total. The van der Waals surface area contributed by atoms with Crippen molar-refractivity contribution < 1.29 is 19.7 Å². The van der Waals surface area contributed by atoms with Crippen LogP contribution in [-0.2, 0) is 9.53 Å². The van der Waals surface area contributed by atoms with Gasteiger partial charge in [-0.2, -0.15) is 0 Å². The molecule has 1 aromatic carbocycles. The standard InChI is InChI=1S/C17H26N2O4/c1-12(11-16(21)19-7-9-23-10-8-19)18-13(2)17(22)14-3-5-15(20)6-4-14/h3-6,12-13,17-18,20,22H,7-11H2,1-2H3/t12-,13+,17+/m1/s1. The maximum atomic E-state index is 12.2. The fourth-order valence-corrected chi connectivity index (χ4v) is 2.76. The number of morpholine rings is 1. The molecule has 0 spiro atoms. The number of carbonyl (C=O) groups is 1. The van der Waals surface area contributed by atoms with Crippen molar-refractivity contribution in [3.8, 4) is 5.75 Å². The smallest absolute Gasteiger partial charge is 0.224 e. The molecule has 1 amide bonds. The van der Waals surface area contributed by atoms with Gasteiger partial charge in [0.05, 0.1) is 19.3 Å². The second kappa shape index (κ2) is 8.29. The third-order valence-corrected chi connectivity index (χ3v) is 4.10. The lowest BCUT2D eigenvalue weighted by molar-refractivity contribution is -0.135. The summed E-state index contributed by atoms with van der Waals surface area (Å²) in [4.78, 5) is 14.0. The number of carbonyl (C=O) groups excluding carboxylic acids is 1. The number of nitrogens with zero attached hydrogens (tertiary/aromatic N) is 1. The predicted molar refractivity (Wildman–Crippen MR) is 87.1 cm³/mol. The Hall–Kier alpha value is -1.63. The van der Waals surface area contributed by atoms with Gasteiger partial charge in [0, 0.05) is 31.6 Å². The molecular weight excluding hydrogens is 296 g/mol. The first kappa shape index (κ1) is 17.7. The van der Waals surface area contributed by atoms with Crippen LogP contribution in [0.15, 0.2) is 24.3 Å². The topological polar surface area (TPSA) is 82.0 Å². The van der Waals surface area contributed by atoms with Crippen LogP contribution in [0.3, 0.4) is 0 Å². The van der Waals surface area contributed by atoms with Gasteiger partial charge in [0.15, 0.2) is 0 Å². The minimum Gasteiger partial charge on any atom is -0.508 e. The molecule has 2 rings (SSSR count). The van der Waals surface area contributed by atoms with Gasteiger partial charge in [0.25, 0.3) is 0 Å². The zero-order valence-electron chi connectivity index (χ0n) is 13.7. The van der Waals surface area contributed by atoms with E-state index >= 15 is 0 Å². The number of hydrogen-bond acceptors (Lipinski definition) is 5. The van der Waals surface area contributed by atoms with Crippen LogP contribution in [0.25, 0.3) is 0 Å². The number of benzene rings is 1. The van der Waals surface area contributed by atoms with Crippen molar-refractivity contribution in [1.82, 2.24) is 10.2 Å². The summed E-state index contributed by atoms with van der Waals surface area (Å²) in [5.41, 5.74) is 0.731. The van der Waals surface area contributed by atoms with Gasteiger partial charge in [-0.3, -0.25) is 4.79 Å². The Labute approximate surface area is 137 Å². The fourth-order valence-electron chi connectivity index (χ4n) is 2.76. The lowest BCUT2D eigenvalue weighted by Crippen LogP contribution is -2.45. The number of amides is 1. The monoisotopic (exact) mass is 322 g/mol. The molecule has 1 aliphatic heterocycles. The molecule has 128 valence electrons. The Bertz CT molecular complexity index is 500. The molecule has 1 saturated heterocycles. The minimum absolute atomic E-state index is 0.0351. The predicted octanol–water partition coefficient (Wildman–Crippen LogP) is 1.04. The van der Waals surface area contributed by atoms with Crippen LogP contribution in [0.1, 0.15) is 31.9 Å². The number of aromatic hydroxyl groups is 1. The highest BCUT2D eigenvalue weighted by molar-refractivity contribution is 5.76. The Kier molecular flexibility index (Phi) is 6.38. The molecule has 0 aromatic heterocycles. The largest absolute Gasteiger partial charge is 0.508 e. The highest BCUT2D eigenvalue weighted by Gasteiger charge is 2.22. The first-order valence-electron chi connectivity index (χ1n) is 8.06. The summed E-state index contributed by atoms with van der Waals surface area (Å²) in [5.74, 6) is 0.283. The molecular formula is C17H26N2O4. The molecule has 6 heteroatoms. The zero-order chi connectivity index (χ0) is 16.8. The van der Waals surface area contributed by atoms with Crippen molar-refractivity contribution in [3.63, 3.8) is 0 Å². The van der Waals surface area contributed by atoms with Crippen LogP contribution in [0, 0.1) is 0 Å². The Morgan fingerprint density at radius 1 is 1.26 bits per heavy atom. The summed E-state index contributed by atoms with van der Waals surface area (Å²) in [7, 11) is 0. The normalized spacial score (nSPS) is 19.2. The zero-order valence-corrected chi connectivity index (χ0v) is 13.7. The molecule has 0 bridgehead atoms. The van der Waals surface area contributed by atoms with Crippen LogP contribution in [0.5, 0.6) is 5.75 Å². The highest BCUT2D eigenvalue weighted by Crippen LogP contribution is 2.20. The average Bonchev–Trinajstić information content (AvgIpc) is 2.55. The molecule has 0 aliphatic carbocycles. The Morgan fingerprint density at radius 2 is 1.87 bits per heavy atom. The maximum absolute atomic E-state index is 12.2. The van der Waals surface area contributed by atoms with E-state index in [4.69, 9.17) is 4.74 Å².